The Morgan fingerprint density at radius 1 is 1.13 bits per heavy atom. The summed E-state index contributed by atoms with van der Waals surface area (Å²) in [6, 6.07) is 11.2. The zero-order chi connectivity index (χ0) is 23.3. The Morgan fingerprint density at radius 2 is 1.71 bits per heavy atom. The zero-order valence-corrected chi connectivity index (χ0v) is 19.3. The topological polar surface area (TPSA) is 118 Å². The molecule has 0 aliphatic carbocycles. The van der Waals surface area contributed by atoms with Gasteiger partial charge in [0.25, 0.3) is 5.82 Å². The summed E-state index contributed by atoms with van der Waals surface area (Å²) in [5.41, 5.74) is 3.99. The number of esters is 1. The summed E-state index contributed by atoms with van der Waals surface area (Å²) in [4.78, 5) is 11.3. The largest absolute Gasteiger partial charge is 0.744 e. The fraction of sp³-hybridized carbons (Fsp3) is 0.364. The number of nitrogen functional groups attached to an aromatic ring is 1. The van der Waals surface area contributed by atoms with Gasteiger partial charge in [-0.1, -0.05) is 29.8 Å². The van der Waals surface area contributed by atoms with Gasteiger partial charge in [-0.25, -0.2) is 13.0 Å². The number of nitrogens with zero attached hydrogens (tertiary/aromatic N) is 2. The van der Waals surface area contributed by atoms with Crippen LogP contribution in [0.1, 0.15) is 35.9 Å². The van der Waals surface area contributed by atoms with Crippen molar-refractivity contribution in [3.8, 4) is 0 Å². The van der Waals surface area contributed by atoms with Crippen LogP contribution in [0.3, 0.4) is 0 Å². The summed E-state index contributed by atoms with van der Waals surface area (Å²) in [7, 11) is -4.33. The molecule has 0 saturated carbocycles. The summed E-state index contributed by atoms with van der Waals surface area (Å²) in [5, 5.41) is 0. The van der Waals surface area contributed by atoms with Gasteiger partial charge in [0.15, 0.2) is 11.0 Å². The molecule has 168 valence electrons. The Balaban J connectivity index is 0.000000233. The van der Waals surface area contributed by atoms with E-state index in [0.29, 0.717) is 30.7 Å². The Morgan fingerprint density at radius 3 is 2.26 bits per heavy atom. The SMILES string of the molecule is CCOC(=O)CC[n+]1c(C)n(N)c2ccccc21.Cc1cc(C)c(S(=O)(=O)[O-])c(C)c1. The molecule has 0 radical (unpaired) electrons. The van der Waals surface area contributed by atoms with Crippen LogP contribution in [-0.4, -0.2) is 30.2 Å². The van der Waals surface area contributed by atoms with Crippen molar-refractivity contribution in [2.75, 3.05) is 12.4 Å². The lowest BCUT2D eigenvalue weighted by Gasteiger charge is -2.14. The standard InChI is InChI=1S/C13H18N3O2.C9H12O3S/c1-3-18-13(17)8-9-15-10(2)16(14)12-7-5-4-6-11(12)15;1-6-4-7(2)9(8(3)5-6)13(10,11)12/h4-7H,3,8-9,14H2,1-2H3;4-5H,1-3H3,(H,10,11,12)/q+1;/p-1. The number of imidazole rings is 1. The highest BCUT2D eigenvalue weighted by Gasteiger charge is 2.20. The van der Waals surface area contributed by atoms with Gasteiger partial charge in [0.2, 0.25) is 0 Å². The maximum atomic E-state index is 11.4. The number of fused-ring (bicyclic) bond motifs is 1. The van der Waals surface area contributed by atoms with E-state index in [-0.39, 0.29) is 10.9 Å². The van der Waals surface area contributed by atoms with Gasteiger partial charge in [0.05, 0.1) is 17.9 Å². The molecule has 0 spiro atoms. The Hall–Kier alpha value is -2.91. The number of ether oxygens (including phenoxy) is 1. The number of carbonyl (C=O) groups excluding carboxylic acids is 1. The molecule has 9 heteroatoms. The molecular weight excluding hydrogens is 418 g/mol. The van der Waals surface area contributed by atoms with E-state index >= 15 is 0 Å². The third-order valence-corrected chi connectivity index (χ3v) is 6.01. The second-order valence-electron chi connectivity index (χ2n) is 7.29. The molecule has 0 saturated heterocycles. The van der Waals surface area contributed by atoms with Gasteiger partial charge < -0.3 is 9.29 Å². The zero-order valence-electron chi connectivity index (χ0n) is 18.5. The van der Waals surface area contributed by atoms with Crippen LogP contribution >= 0.6 is 0 Å². The predicted molar refractivity (Wildman–Crippen MR) is 117 cm³/mol. The van der Waals surface area contributed by atoms with Crippen molar-refractivity contribution in [1.82, 2.24) is 4.68 Å². The van der Waals surface area contributed by atoms with Crippen LogP contribution in [0.25, 0.3) is 11.0 Å². The average molecular weight is 448 g/mol. The van der Waals surface area contributed by atoms with Gasteiger partial charge in [0.1, 0.15) is 16.7 Å². The van der Waals surface area contributed by atoms with E-state index in [2.05, 4.69) is 0 Å². The molecular formula is C22H29N3O5S. The first-order valence-corrected chi connectivity index (χ1v) is 11.3. The van der Waals surface area contributed by atoms with Gasteiger partial charge in [-0.05, 0) is 51.0 Å². The number of hydrogen-bond donors (Lipinski definition) is 1. The summed E-state index contributed by atoms with van der Waals surface area (Å²) in [6.45, 7) is 9.86. The van der Waals surface area contributed by atoms with E-state index in [1.54, 1.807) is 30.7 Å². The lowest BCUT2D eigenvalue weighted by atomic mass is 10.1. The minimum Gasteiger partial charge on any atom is -0.744 e. The normalized spacial score (nSPS) is 11.2. The lowest BCUT2D eigenvalue weighted by Crippen LogP contribution is -2.38. The van der Waals surface area contributed by atoms with Gasteiger partial charge >= 0.3 is 5.97 Å². The van der Waals surface area contributed by atoms with E-state index in [4.69, 9.17) is 10.6 Å². The minimum atomic E-state index is -4.33. The first-order chi connectivity index (χ1) is 14.5. The second-order valence-corrected chi connectivity index (χ2v) is 8.61. The molecule has 0 unspecified atom stereocenters. The maximum Gasteiger partial charge on any atom is 0.309 e. The molecule has 0 aliphatic heterocycles. The fourth-order valence-electron chi connectivity index (χ4n) is 3.65. The molecule has 1 heterocycles. The molecule has 8 nitrogen and oxygen atoms in total. The van der Waals surface area contributed by atoms with Crippen LogP contribution in [0.15, 0.2) is 41.3 Å². The highest BCUT2D eigenvalue weighted by atomic mass is 32.2. The van der Waals surface area contributed by atoms with Crippen molar-refractivity contribution in [3.05, 3.63) is 58.9 Å². The quantitative estimate of drug-likeness (QED) is 0.278. The van der Waals surface area contributed by atoms with Gasteiger partial charge in [0, 0.05) is 6.92 Å². The first-order valence-electron chi connectivity index (χ1n) is 9.91. The van der Waals surface area contributed by atoms with Crippen molar-refractivity contribution >= 4 is 27.1 Å². The first kappa shape index (κ1) is 24.4. The van der Waals surface area contributed by atoms with E-state index in [1.807, 2.05) is 49.6 Å². The molecule has 0 bridgehead atoms. The number of para-hydroxylation sites is 2. The van der Waals surface area contributed by atoms with Crippen LogP contribution in [0, 0.1) is 27.7 Å². The van der Waals surface area contributed by atoms with Crippen LogP contribution in [-0.2, 0) is 26.2 Å². The number of rotatable bonds is 5. The van der Waals surface area contributed by atoms with Crippen molar-refractivity contribution in [1.29, 1.82) is 0 Å². The summed E-state index contributed by atoms with van der Waals surface area (Å²) in [5.74, 6) is 6.72. The molecule has 3 rings (SSSR count). The predicted octanol–water partition coefficient (Wildman–Crippen LogP) is 2.42. The van der Waals surface area contributed by atoms with Crippen LogP contribution in [0.4, 0.5) is 0 Å². The second kappa shape index (κ2) is 9.93. The van der Waals surface area contributed by atoms with E-state index < -0.39 is 10.1 Å². The summed E-state index contributed by atoms with van der Waals surface area (Å²) in [6.07, 6.45) is 0.355. The smallest absolute Gasteiger partial charge is 0.309 e. The third-order valence-electron chi connectivity index (χ3n) is 4.87. The maximum absolute atomic E-state index is 11.4. The molecule has 0 aliphatic rings. The molecule has 0 atom stereocenters. The fourth-order valence-corrected chi connectivity index (χ4v) is 4.56. The monoisotopic (exact) mass is 447 g/mol. The molecule has 31 heavy (non-hydrogen) atoms. The molecule has 2 N–H and O–H groups in total. The van der Waals surface area contributed by atoms with Crippen molar-refractivity contribution < 1.29 is 27.1 Å². The van der Waals surface area contributed by atoms with Crippen LogP contribution in [0.5, 0.6) is 0 Å². The lowest BCUT2D eigenvalue weighted by molar-refractivity contribution is -0.677. The van der Waals surface area contributed by atoms with Crippen LogP contribution in [0.2, 0.25) is 0 Å². The number of nitrogens with two attached hydrogens (primary N) is 1. The van der Waals surface area contributed by atoms with Crippen molar-refractivity contribution in [3.63, 3.8) is 0 Å². The van der Waals surface area contributed by atoms with Gasteiger partial charge in [-0.2, -0.15) is 0 Å². The number of aromatic nitrogens is 2. The Labute approximate surface area is 183 Å². The molecule has 0 amide bonds. The highest BCUT2D eigenvalue weighted by molar-refractivity contribution is 7.85. The summed E-state index contributed by atoms with van der Waals surface area (Å²) < 4.78 is 41.1. The number of carbonyl (C=O) groups is 1. The molecule has 2 aromatic carbocycles. The van der Waals surface area contributed by atoms with E-state index in [1.165, 1.54) is 0 Å². The summed E-state index contributed by atoms with van der Waals surface area (Å²) >= 11 is 0. The highest BCUT2D eigenvalue weighted by Crippen LogP contribution is 2.20. The number of benzene rings is 2. The average Bonchev–Trinajstić information content (AvgIpc) is 2.90. The van der Waals surface area contributed by atoms with E-state index in [0.717, 1.165) is 22.4 Å². The molecule has 3 aromatic rings. The van der Waals surface area contributed by atoms with Crippen LogP contribution < -0.4 is 10.4 Å². The molecule has 1 aromatic heterocycles. The van der Waals surface area contributed by atoms with Gasteiger partial charge in [-0.3, -0.25) is 10.6 Å². The minimum absolute atomic E-state index is 0.0851. The van der Waals surface area contributed by atoms with Crippen molar-refractivity contribution in [2.45, 2.75) is 52.5 Å². The Kier molecular flexibility index (Phi) is 7.80. The third kappa shape index (κ3) is 5.83. The number of aryl methyl sites for hydroxylation is 4. The van der Waals surface area contributed by atoms with Gasteiger partial charge in [-0.15, -0.1) is 4.68 Å². The Bertz CT molecular complexity index is 1180. The molecule has 0 fully saturated rings. The van der Waals surface area contributed by atoms with E-state index in [9.17, 15) is 17.8 Å². The van der Waals surface area contributed by atoms with Crippen molar-refractivity contribution in [2.24, 2.45) is 0 Å². The number of hydrogen-bond acceptors (Lipinski definition) is 6.